The van der Waals surface area contributed by atoms with Gasteiger partial charge in [0.05, 0.1) is 16.2 Å². The van der Waals surface area contributed by atoms with Crippen LogP contribution in [0, 0.1) is 6.92 Å². The molecule has 0 bridgehead atoms. The minimum absolute atomic E-state index is 0.121. The van der Waals surface area contributed by atoms with Crippen LogP contribution in [0.25, 0.3) is 0 Å². The largest absolute Gasteiger partial charge is 0.498 e. The maximum atomic E-state index is 6.36. The highest BCUT2D eigenvalue weighted by atomic mass is 35.5. The molecule has 0 atom stereocenters. The maximum Gasteiger partial charge on any atom is 0.498 e. The second-order valence-electron chi connectivity index (χ2n) is 6.25. The number of methoxy groups -OCH3 is 1. The minimum atomic E-state index is -0.514. The molecule has 1 heterocycles. The normalized spacial score (nSPS) is 19.9. The first-order chi connectivity index (χ1) is 9.69. The molecule has 2 rings (SSSR count). The second kappa shape index (κ2) is 5.80. The van der Waals surface area contributed by atoms with Gasteiger partial charge >= 0.3 is 7.12 Å². The Morgan fingerprint density at radius 1 is 1.14 bits per heavy atom. The Morgan fingerprint density at radius 3 is 2.24 bits per heavy atom. The Balaban J connectivity index is 2.39. The molecule has 116 valence electrons. The van der Waals surface area contributed by atoms with Crippen molar-refractivity contribution in [1.29, 1.82) is 0 Å². The first kappa shape index (κ1) is 16.6. The number of halogens is 1. The van der Waals surface area contributed by atoms with E-state index in [4.69, 9.17) is 30.4 Å². The first-order valence-corrected chi connectivity index (χ1v) is 7.34. The van der Waals surface area contributed by atoms with Gasteiger partial charge in [-0.05, 0) is 40.2 Å². The van der Waals surface area contributed by atoms with Crippen LogP contribution in [0.5, 0.6) is 5.75 Å². The zero-order chi connectivity index (χ0) is 15.8. The lowest BCUT2D eigenvalue weighted by Crippen LogP contribution is -2.41. The monoisotopic (exact) mass is 312 g/mol. The van der Waals surface area contributed by atoms with E-state index in [0.29, 0.717) is 10.8 Å². The molecule has 0 spiro atoms. The van der Waals surface area contributed by atoms with Gasteiger partial charge in [-0.25, -0.2) is 0 Å². The summed E-state index contributed by atoms with van der Waals surface area (Å²) < 4.78 is 22.7. The molecule has 0 unspecified atom stereocenters. The van der Waals surface area contributed by atoms with Crippen molar-refractivity contribution >= 4 is 24.2 Å². The van der Waals surface area contributed by atoms with Gasteiger partial charge in [0.25, 0.3) is 0 Å². The van der Waals surface area contributed by atoms with Crippen LogP contribution in [0.2, 0.25) is 5.02 Å². The standard InChI is InChI=1S/C15H22BClO4/c1-10-7-8-11(13(12(10)17)19-9-18-6)16-20-14(2,3)15(4,5)21-16/h7-8H,9H2,1-6H3. The summed E-state index contributed by atoms with van der Waals surface area (Å²) in [7, 11) is 1.05. The van der Waals surface area contributed by atoms with E-state index in [0.717, 1.165) is 11.0 Å². The highest BCUT2D eigenvalue weighted by Crippen LogP contribution is 2.38. The Morgan fingerprint density at radius 2 is 1.71 bits per heavy atom. The summed E-state index contributed by atoms with van der Waals surface area (Å²) in [5.74, 6) is 0.553. The Bertz CT molecular complexity index is 515. The molecule has 0 aliphatic carbocycles. The molecular weight excluding hydrogens is 290 g/mol. The summed E-state index contributed by atoms with van der Waals surface area (Å²) in [5.41, 5.74) is 0.894. The third kappa shape index (κ3) is 3.06. The molecule has 1 fully saturated rings. The molecule has 6 heteroatoms. The topological polar surface area (TPSA) is 36.9 Å². The number of aryl methyl sites for hydroxylation is 1. The van der Waals surface area contributed by atoms with Crippen molar-refractivity contribution in [2.75, 3.05) is 13.9 Å². The summed E-state index contributed by atoms with van der Waals surface area (Å²) in [6, 6.07) is 3.86. The molecular formula is C15H22BClO4. The Labute approximate surface area is 131 Å². The van der Waals surface area contributed by atoms with Gasteiger partial charge in [0, 0.05) is 12.6 Å². The van der Waals surface area contributed by atoms with Crippen molar-refractivity contribution in [3.8, 4) is 5.75 Å². The van der Waals surface area contributed by atoms with Gasteiger partial charge in [0.1, 0.15) is 5.75 Å². The number of hydrogen-bond donors (Lipinski definition) is 0. The fourth-order valence-electron chi connectivity index (χ4n) is 2.09. The van der Waals surface area contributed by atoms with Gasteiger partial charge in [0.2, 0.25) is 0 Å². The van der Waals surface area contributed by atoms with Gasteiger partial charge < -0.3 is 18.8 Å². The predicted octanol–water partition coefficient (Wildman–Crippen LogP) is 2.93. The first-order valence-electron chi connectivity index (χ1n) is 6.96. The van der Waals surface area contributed by atoms with Crippen molar-refractivity contribution in [1.82, 2.24) is 0 Å². The molecule has 0 amide bonds. The Hall–Kier alpha value is -0.745. The van der Waals surface area contributed by atoms with E-state index in [1.165, 1.54) is 0 Å². The van der Waals surface area contributed by atoms with Gasteiger partial charge in [-0.3, -0.25) is 0 Å². The zero-order valence-corrected chi connectivity index (χ0v) is 14.2. The van der Waals surface area contributed by atoms with Gasteiger partial charge in [0.15, 0.2) is 6.79 Å². The highest BCUT2D eigenvalue weighted by molar-refractivity contribution is 6.63. The summed E-state index contributed by atoms with van der Waals surface area (Å²) in [6.45, 7) is 10.1. The predicted molar refractivity (Wildman–Crippen MR) is 84.4 cm³/mol. The van der Waals surface area contributed by atoms with E-state index >= 15 is 0 Å². The summed E-state index contributed by atoms with van der Waals surface area (Å²) in [5, 5.41) is 0.555. The molecule has 0 radical (unpaired) electrons. The fourth-order valence-corrected chi connectivity index (χ4v) is 2.32. The molecule has 1 aromatic carbocycles. The molecule has 1 aromatic rings. The van der Waals surface area contributed by atoms with Crippen LogP contribution < -0.4 is 10.2 Å². The van der Waals surface area contributed by atoms with Crippen LogP contribution in [-0.2, 0) is 14.0 Å². The number of hydrogen-bond acceptors (Lipinski definition) is 4. The van der Waals surface area contributed by atoms with Gasteiger partial charge in [-0.1, -0.05) is 23.7 Å². The lowest BCUT2D eigenvalue weighted by molar-refractivity contribution is 0.00578. The second-order valence-corrected chi connectivity index (χ2v) is 6.63. The molecule has 1 saturated heterocycles. The molecule has 0 saturated carbocycles. The molecule has 0 aromatic heterocycles. The van der Waals surface area contributed by atoms with Gasteiger partial charge in [-0.15, -0.1) is 0 Å². The van der Waals surface area contributed by atoms with Crippen molar-refractivity contribution in [3.05, 3.63) is 22.7 Å². The number of rotatable bonds is 4. The van der Waals surface area contributed by atoms with Crippen molar-refractivity contribution in [2.45, 2.75) is 45.8 Å². The summed E-state index contributed by atoms with van der Waals surface area (Å²) in [6.07, 6.45) is 0. The van der Waals surface area contributed by atoms with Crippen LogP contribution in [0.4, 0.5) is 0 Å². The van der Waals surface area contributed by atoms with Crippen LogP contribution in [0.15, 0.2) is 12.1 Å². The third-order valence-electron chi connectivity index (χ3n) is 4.15. The molecule has 4 nitrogen and oxygen atoms in total. The lowest BCUT2D eigenvalue weighted by Gasteiger charge is -2.32. The van der Waals surface area contributed by atoms with Crippen LogP contribution in [-0.4, -0.2) is 32.2 Å². The molecule has 0 N–H and O–H groups in total. The van der Waals surface area contributed by atoms with E-state index < -0.39 is 18.3 Å². The minimum Gasteiger partial charge on any atom is -0.466 e. The van der Waals surface area contributed by atoms with E-state index in [1.807, 2.05) is 46.8 Å². The molecule has 1 aliphatic rings. The quantitative estimate of drug-likeness (QED) is 0.633. The summed E-state index contributed by atoms with van der Waals surface area (Å²) in [4.78, 5) is 0. The average molecular weight is 313 g/mol. The Kier molecular flexibility index (Phi) is 4.59. The van der Waals surface area contributed by atoms with Crippen molar-refractivity contribution < 1.29 is 18.8 Å². The average Bonchev–Trinajstić information content (AvgIpc) is 2.60. The number of ether oxygens (including phenoxy) is 2. The van der Waals surface area contributed by atoms with Crippen LogP contribution in [0.3, 0.4) is 0 Å². The smallest absolute Gasteiger partial charge is 0.466 e. The van der Waals surface area contributed by atoms with E-state index in [9.17, 15) is 0 Å². The summed E-state index contributed by atoms with van der Waals surface area (Å²) >= 11 is 6.36. The highest BCUT2D eigenvalue weighted by Gasteiger charge is 2.52. The van der Waals surface area contributed by atoms with Crippen LogP contribution >= 0.6 is 11.6 Å². The van der Waals surface area contributed by atoms with Crippen LogP contribution in [0.1, 0.15) is 33.3 Å². The van der Waals surface area contributed by atoms with E-state index in [2.05, 4.69) is 0 Å². The molecule has 1 aliphatic heterocycles. The third-order valence-corrected chi connectivity index (χ3v) is 4.62. The van der Waals surface area contributed by atoms with Crippen molar-refractivity contribution in [2.24, 2.45) is 0 Å². The van der Waals surface area contributed by atoms with Crippen molar-refractivity contribution in [3.63, 3.8) is 0 Å². The fraction of sp³-hybridized carbons (Fsp3) is 0.600. The maximum absolute atomic E-state index is 6.36. The molecule has 21 heavy (non-hydrogen) atoms. The van der Waals surface area contributed by atoms with E-state index in [-0.39, 0.29) is 6.79 Å². The zero-order valence-electron chi connectivity index (χ0n) is 13.5. The SMILES string of the molecule is COCOc1c(B2OC(C)(C)C(C)(C)O2)ccc(C)c1Cl. The lowest BCUT2D eigenvalue weighted by atomic mass is 9.78. The van der Waals surface area contributed by atoms with Gasteiger partial charge in [-0.2, -0.15) is 0 Å². The van der Waals surface area contributed by atoms with E-state index in [1.54, 1.807) is 7.11 Å². The number of benzene rings is 1.